The minimum Gasteiger partial charge on any atom is -0.486 e. The minimum atomic E-state index is -0.581. The van der Waals surface area contributed by atoms with Crippen LogP contribution in [0.4, 0.5) is 10.1 Å². The smallest absolute Gasteiger partial charge is 0.486 e. The summed E-state index contributed by atoms with van der Waals surface area (Å²) in [5.74, 6) is 5.66. The number of hydrogen-bond acceptors (Lipinski definition) is 5. The largest absolute Gasteiger partial charge is 0.495 e. The van der Waals surface area contributed by atoms with Crippen molar-refractivity contribution in [2.45, 2.75) is 52.9 Å². The predicted octanol–water partition coefficient (Wildman–Crippen LogP) is 3.24. The third-order valence-electron chi connectivity index (χ3n) is 5.43. The van der Waals surface area contributed by atoms with Crippen LogP contribution in [0.1, 0.15) is 37.5 Å². The van der Waals surface area contributed by atoms with Gasteiger partial charge in [0.25, 0.3) is 0 Å². The highest BCUT2D eigenvalue weighted by atomic mass is 19.1. The molecule has 2 aromatic rings. The van der Waals surface area contributed by atoms with Gasteiger partial charge >= 0.3 is 7.12 Å². The van der Waals surface area contributed by atoms with E-state index in [1.165, 1.54) is 11.1 Å². The summed E-state index contributed by atoms with van der Waals surface area (Å²) >= 11 is 0. The molecule has 0 spiro atoms. The van der Waals surface area contributed by atoms with Gasteiger partial charge in [-0.3, -0.25) is 0 Å². The second kappa shape index (κ2) is 7.74. The van der Waals surface area contributed by atoms with Gasteiger partial charge in [0.15, 0.2) is 11.6 Å². The molecule has 2 N–H and O–H groups in total. The predicted molar refractivity (Wildman–Crippen MR) is 110 cm³/mol. The van der Waals surface area contributed by atoms with Crippen LogP contribution >= 0.6 is 0 Å². The fourth-order valence-corrected chi connectivity index (χ4v) is 3.28. The third kappa shape index (κ3) is 4.02. The number of rotatable bonds is 5. The van der Waals surface area contributed by atoms with Crippen molar-refractivity contribution < 1.29 is 18.4 Å². The summed E-state index contributed by atoms with van der Waals surface area (Å²) in [7, 11) is 1.18. The zero-order valence-corrected chi connectivity index (χ0v) is 17.4. The summed E-state index contributed by atoms with van der Waals surface area (Å²) in [5.41, 5.74) is 3.92. The minimum absolute atomic E-state index is 0.0800. The average molecular weight is 386 g/mol. The van der Waals surface area contributed by atoms with Gasteiger partial charge in [0.05, 0.1) is 17.4 Å². The molecule has 0 radical (unpaired) electrons. The van der Waals surface area contributed by atoms with E-state index in [9.17, 15) is 4.39 Å². The first-order chi connectivity index (χ1) is 13.1. The van der Waals surface area contributed by atoms with Gasteiger partial charge in [0.2, 0.25) is 0 Å². The monoisotopic (exact) mass is 386 g/mol. The SMILES string of the molecule is Cc1cc(OCc2c(C)cccc2N(C)N)c(F)cc1B1OC(C)C(C)(C)O1. The number of benzene rings is 2. The Balaban J connectivity index is 1.82. The van der Waals surface area contributed by atoms with Gasteiger partial charge in [0, 0.05) is 12.6 Å². The Bertz CT molecular complexity index is 873. The molecule has 1 aliphatic heterocycles. The lowest BCUT2D eigenvalue weighted by Crippen LogP contribution is -2.36. The highest BCUT2D eigenvalue weighted by Crippen LogP contribution is 2.29. The van der Waals surface area contributed by atoms with E-state index in [2.05, 4.69) is 0 Å². The number of ether oxygens (including phenoxy) is 1. The topological polar surface area (TPSA) is 57.0 Å². The van der Waals surface area contributed by atoms with Gasteiger partial charge in [-0.05, 0) is 69.4 Å². The molecule has 150 valence electrons. The Morgan fingerprint density at radius 3 is 2.57 bits per heavy atom. The molecule has 1 heterocycles. The molecule has 1 atom stereocenters. The highest BCUT2D eigenvalue weighted by molar-refractivity contribution is 6.62. The van der Waals surface area contributed by atoms with Crippen LogP contribution in [0.5, 0.6) is 5.75 Å². The van der Waals surface area contributed by atoms with Crippen molar-refractivity contribution in [1.82, 2.24) is 0 Å². The van der Waals surface area contributed by atoms with E-state index in [1.54, 1.807) is 13.1 Å². The van der Waals surface area contributed by atoms with Gasteiger partial charge in [-0.25, -0.2) is 10.2 Å². The van der Waals surface area contributed by atoms with E-state index in [4.69, 9.17) is 19.9 Å². The van der Waals surface area contributed by atoms with E-state index in [1.807, 2.05) is 52.8 Å². The van der Waals surface area contributed by atoms with Crippen LogP contribution in [-0.2, 0) is 15.9 Å². The molecule has 0 aromatic heterocycles. The Hall–Kier alpha value is -2.09. The van der Waals surface area contributed by atoms with E-state index in [-0.39, 0.29) is 18.5 Å². The summed E-state index contributed by atoms with van der Waals surface area (Å²) in [5, 5.41) is 1.54. The second-order valence-electron chi connectivity index (χ2n) is 7.94. The molecule has 2 aromatic carbocycles. The van der Waals surface area contributed by atoms with Crippen LogP contribution in [0, 0.1) is 19.7 Å². The van der Waals surface area contributed by atoms with E-state index in [0.29, 0.717) is 5.46 Å². The molecule has 0 saturated carbocycles. The second-order valence-corrected chi connectivity index (χ2v) is 7.94. The van der Waals surface area contributed by atoms with Crippen molar-refractivity contribution in [2.75, 3.05) is 12.1 Å². The van der Waals surface area contributed by atoms with Crippen molar-refractivity contribution in [3.63, 3.8) is 0 Å². The fraction of sp³-hybridized carbons (Fsp3) is 0.429. The zero-order chi connectivity index (χ0) is 20.6. The third-order valence-corrected chi connectivity index (χ3v) is 5.43. The maximum atomic E-state index is 14.8. The van der Waals surface area contributed by atoms with Crippen molar-refractivity contribution in [1.29, 1.82) is 0 Å². The van der Waals surface area contributed by atoms with Gasteiger partial charge in [-0.15, -0.1) is 0 Å². The zero-order valence-electron chi connectivity index (χ0n) is 17.4. The van der Waals surface area contributed by atoms with Gasteiger partial charge in [-0.2, -0.15) is 0 Å². The maximum absolute atomic E-state index is 14.8. The lowest BCUT2D eigenvalue weighted by atomic mass is 9.76. The van der Waals surface area contributed by atoms with Crippen LogP contribution in [0.2, 0.25) is 0 Å². The van der Waals surface area contributed by atoms with E-state index >= 15 is 0 Å². The first-order valence-electron chi connectivity index (χ1n) is 9.43. The molecule has 0 amide bonds. The number of nitrogens with zero attached hydrogens (tertiary/aromatic N) is 1. The van der Waals surface area contributed by atoms with Crippen LogP contribution in [0.3, 0.4) is 0 Å². The Labute approximate surface area is 166 Å². The van der Waals surface area contributed by atoms with Crippen LogP contribution < -0.4 is 21.1 Å². The van der Waals surface area contributed by atoms with Gasteiger partial charge in [-0.1, -0.05) is 12.1 Å². The molecule has 7 heteroatoms. The summed E-state index contributed by atoms with van der Waals surface area (Å²) in [6.45, 7) is 9.99. The number of hydrogen-bond donors (Lipinski definition) is 1. The molecule has 1 saturated heterocycles. The van der Waals surface area contributed by atoms with Crippen LogP contribution in [0.25, 0.3) is 0 Å². The summed E-state index contributed by atoms with van der Waals surface area (Å²) in [4.78, 5) is 0. The van der Waals surface area contributed by atoms with Gasteiger partial charge < -0.3 is 19.1 Å². The Morgan fingerprint density at radius 2 is 1.96 bits per heavy atom. The van der Waals surface area contributed by atoms with E-state index < -0.39 is 18.5 Å². The number of halogens is 1. The maximum Gasteiger partial charge on any atom is 0.495 e. The number of hydrazine groups is 1. The molecule has 3 rings (SSSR count). The van der Waals surface area contributed by atoms with Crippen molar-refractivity contribution in [3.8, 4) is 5.75 Å². The number of nitrogens with two attached hydrogens (primary N) is 1. The van der Waals surface area contributed by atoms with Gasteiger partial charge in [0.1, 0.15) is 6.61 Å². The first kappa shape index (κ1) is 20.6. The average Bonchev–Trinajstić information content (AvgIpc) is 2.88. The summed E-state index contributed by atoms with van der Waals surface area (Å²) in [6.07, 6.45) is -0.0800. The molecule has 28 heavy (non-hydrogen) atoms. The standard InChI is InChI=1S/C21H28BFN2O3/c1-13-8-7-9-19(25(6)24)16(13)12-26-20-10-14(2)17(11-18(20)23)22-27-15(3)21(4,5)28-22/h7-11,15H,12,24H2,1-6H3. The molecule has 0 bridgehead atoms. The number of anilines is 1. The van der Waals surface area contributed by atoms with Crippen molar-refractivity contribution in [2.24, 2.45) is 5.84 Å². The summed E-state index contributed by atoms with van der Waals surface area (Å²) < 4.78 is 32.4. The normalized spacial score (nSPS) is 18.4. The molecular weight excluding hydrogens is 358 g/mol. The Kier molecular flexibility index (Phi) is 5.70. The van der Waals surface area contributed by atoms with Crippen LogP contribution in [-0.4, -0.2) is 25.9 Å². The fourth-order valence-electron chi connectivity index (χ4n) is 3.28. The molecule has 0 aliphatic carbocycles. The molecule has 1 aliphatic rings. The number of aryl methyl sites for hydroxylation is 2. The molecule has 5 nitrogen and oxygen atoms in total. The first-order valence-corrected chi connectivity index (χ1v) is 9.43. The molecule has 1 fully saturated rings. The molecular formula is C21H28BFN2O3. The highest BCUT2D eigenvalue weighted by Gasteiger charge is 2.44. The van der Waals surface area contributed by atoms with Crippen LogP contribution in [0.15, 0.2) is 30.3 Å². The molecule has 1 unspecified atom stereocenters. The van der Waals surface area contributed by atoms with Crippen molar-refractivity contribution >= 4 is 18.3 Å². The lowest BCUT2D eigenvalue weighted by Gasteiger charge is -2.21. The lowest BCUT2D eigenvalue weighted by molar-refractivity contribution is 0.0842. The quantitative estimate of drug-likeness (QED) is 0.486. The summed E-state index contributed by atoms with van der Waals surface area (Å²) in [6, 6.07) is 8.96. The van der Waals surface area contributed by atoms with E-state index in [0.717, 1.165) is 22.4 Å². The Morgan fingerprint density at radius 1 is 1.25 bits per heavy atom. The van der Waals surface area contributed by atoms with Crippen molar-refractivity contribution in [3.05, 3.63) is 52.8 Å².